The first-order chi connectivity index (χ1) is 12.9. The van der Waals surface area contributed by atoms with Gasteiger partial charge >= 0.3 is 5.97 Å². The number of carbonyl (C=O) groups is 2. The van der Waals surface area contributed by atoms with Crippen LogP contribution in [-0.4, -0.2) is 41.1 Å². The lowest BCUT2D eigenvalue weighted by atomic mass is 10.0. The van der Waals surface area contributed by atoms with Crippen molar-refractivity contribution in [3.63, 3.8) is 0 Å². The van der Waals surface area contributed by atoms with Crippen LogP contribution in [0.3, 0.4) is 0 Å². The molecule has 142 valence electrons. The third-order valence-electron chi connectivity index (χ3n) is 4.51. The number of hydrogen-bond acceptors (Lipinski definition) is 3. The standard InChI is InChI=1S/C20H19F2NO4/c21-15-4-5-18(17(22)12-15)27-16-6-8-23(9-7-16)19(24)11-13-2-1-3-14(10-13)20(25)26/h1-5,10,12,16H,6-9,11H2,(H,25,26). The Morgan fingerprint density at radius 2 is 1.85 bits per heavy atom. The average molecular weight is 375 g/mol. The van der Waals surface area contributed by atoms with Crippen LogP contribution in [0.1, 0.15) is 28.8 Å². The van der Waals surface area contributed by atoms with Gasteiger partial charge in [-0.2, -0.15) is 0 Å². The average Bonchev–Trinajstić information content (AvgIpc) is 2.65. The lowest BCUT2D eigenvalue weighted by Crippen LogP contribution is -2.42. The van der Waals surface area contributed by atoms with E-state index in [2.05, 4.69) is 0 Å². The van der Waals surface area contributed by atoms with Gasteiger partial charge in [0.25, 0.3) is 0 Å². The zero-order valence-electron chi connectivity index (χ0n) is 14.5. The maximum Gasteiger partial charge on any atom is 0.335 e. The summed E-state index contributed by atoms with van der Waals surface area (Å²) in [5.74, 6) is -2.52. The molecule has 0 spiro atoms. The third kappa shape index (κ3) is 4.81. The number of nitrogens with zero attached hydrogens (tertiary/aromatic N) is 1. The van der Waals surface area contributed by atoms with Gasteiger partial charge in [0.05, 0.1) is 12.0 Å². The van der Waals surface area contributed by atoms with Gasteiger partial charge in [0, 0.05) is 32.0 Å². The molecule has 1 heterocycles. The molecule has 27 heavy (non-hydrogen) atoms. The van der Waals surface area contributed by atoms with Crippen LogP contribution >= 0.6 is 0 Å². The smallest absolute Gasteiger partial charge is 0.335 e. The van der Waals surface area contributed by atoms with Crippen molar-refractivity contribution < 1.29 is 28.2 Å². The van der Waals surface area contributed by atoms with E-state index in [1.807, 2.05) is 0 Å². The Morgan fingerprint density at radius 3 is 2.52 bits per heavy atom. The quantitative estimate of drug-likeness (QED) is 0.871. The van der Waals surface area contributed by atoms with Gasteiger partial charge in [-0.25, -0.2) is 13.6 Å². The molecule has 0 aromatic heterocycles. The highest BCUT2D eigenvalue weighted by Crippen LogP contribution is 2.23. The van der Waals surface area contributed by atoms with Crippen LogP contribution in [0.25, 0.3) is 0 Å². The highest BCUT2D eigenvalue weighted by Gasteiger charge is 2.25. The van der Waals surface area contributed by atoms with Crippen LogP contribution in [0.4, 0.5) is 8.78 Å². The third-order valence-corrected chi connectivity index (χ3v) is 4.51. The molecule has 5 nitrogen and oxygen atoms in total. The molecule has 0 saturated carbocycles. The predicted molar refractivity (Wildman–Crippen MR) is 93.7 cm³/mol. The van der Waals surface area contributed by atoms with Crippen LogP contribution in [0.2, 0.25) is 0 Å². The van der Waals surface area contributed by atoms with Gasteiger partial charge in [-0.05, 0) is 29.8 Å². The Morgan fingerprint density at radius 1 is 1.11 bits per heavy atom. The van der Waals surface area contributed by atoms with Crippen molar-refractivity contribution in [3.8, 4) is 5.75 Å². The fourth-order valence-corrected chi connectivity index (χ4v) is 3.07. The number of halogens is 2. The van der Waals surface area contributed by atoms with Crippen molar-refractivity contribution in [2.24, 2.45) is 0 Å². The Kier molecular flexibility index (Phi) is 5.69. The van der Waals surface area contributed by atoms with Gasteiger partial charge in [-0.1, -0.05) is 12.1 Å². The molecule has 1 aliphatic heterocycles. The molecule has 2 aromatic rings. The lowest BCUT2D eigenvalue weighted by molar-refractivity contribution is -0.132. The normalized spacial score (nSPS) is 14.8. The first-order valence-electron chi connectivity index (χ1n) is 8.64. The van der Waals surface area contributed by atoms with Crippen LogP contribution < -0.4 is 4.74 Å². The molecule has 7 heteroatoms. The molecule has 1 fully saturated rings. The summed E-state index contributed by atoms with van der Waals surface area (Å²) >= 11 is 0. The van der Waals surface area contributed by atoms with E-state index in [0.29, 0.717) is 31.5 Å². The van der Waals surface area contributed by atoms with Crippen molar-refractivity contribution in [1.29, 1.82) is 0 Å². The van der Waals surface area contributed by atoms with Crippen LogP contribution in [-0.2, 0) is 11.2 Å². The van der Waals surface area contributed by atoms with E-state index < -0.39 is 17.6 Å². The first kappa shape index (κ1) is 18.8. The minimum Gasteiger partial charge on any atom is -0.487 e. The Labute approximate surface area is 155 Å². The van der Waals surface area contributed by atoms with E-state index in [9.17, 15) is 18.4 Å². The van der Waals surface area contributed by atoms with Gasteiger partial charge in [0.1, 0.15) is 11.9 Å². The zero-order chi connectivity index (χ0) is 19.4. The number of carboxylic acids is 1. The number of aromatic carboxylic acids is 1. The number of benzene rings is 2. The summed E-state index contributed by atoms with van der Waals surface area (Å²) in [6.07, 6.45) is 0.957. The van der Waals surface area contributed by atoms with Gasteiger partial charge in [-0.15, -0.1) is 0 Å². The summed E-state index contributed by atoms with van der Waals surface area (Å²) in [7, 11) is 0. The van der Waals surface area contributed by atoms with E-state index in [0.717, 1.165) is 12.1 Å². The van der Waals surface area contributed by atoms with Crippen molar-refractivity contribution in [2.75, 3.05) is 13.1 Å². The maximum absolute atomic E-state index is 13.7. The monoisotopic (exact) mass is 375 g/mol. The number of likely N-dealkylation sites (tertiary alicyclic amines) is 1. The van der Waals surface area contributed by atoms with E-state index >= 15 is 0 Å². The highest BCUT2D eigenvalue weighted by atomic mass is 19.1. The molecule has 1 saturated heterocycles. The summed E-state index contributed by atoms with van der Waals surface area (Å²) in [6.45, 7) is 0.926. The van der Waals surface area contributed by atoms with Crippen molar-refractivity contribution >= 4 is 11.9 Å². The van der Waals surface area contributed by atoms with E-state index in [1.165, 1.54) is 18.2 Å². The summed E-state index contributed by atoms with van der Waals surface area (Å²) in [6, 6.07) is 9.49. The fourth-order valence-electron chi connectivity index (χ4n) is 3.07. The molecule has 1 aliphatic rings. The van der Waals surface area contributed by atoms with Gasteiger partial charge in [0.15, 0.2) is 11.6 Å². The summed E-state index contributed by atoms with van der Waals surface area (Å²) < 4.78 is 32.2. The maximum atomic E-state index is 13.7. The molecule has 1 amide bonds. The van der Waals surface area contributed by atoms with Crippen LogP contribution in [0.5, 0.6) is 5.75 Å². The van der Waals surface area contributed by atoms with E-state index in [-0.39, 0.29) is 29.7 Å². The molecular formula is C20H19F2NO4. The number of carbonyl (C=O) groups excluding carboxylic acids is 1. The largest absolute Gasteiger partial charge is 0.487 e. The second-order valence-corrected chi connectivity index (χ2v) is 6.46. The number of carboxylic acid groups (broad SMARTS) is 1. The lowest BCUT2D eigenvalue weighted by Gasteiger charge is -2.32. The summed E-state index contributed by atoms with van der Waals surface area (Å²) in [5.41, 5.74) is 0.792. The van der Waals surface area contributed by atoms with E-state index in [4.69, 9.17) is 9.84 Å². The molecule has 0 unspecified atom stereocenters. The number of piperidine rings is 1. The minimum atomic E-state index is -1.03. The fraction of sp³-hybridized carbons (Fsp3) is 0.300. The van der Waals surface area contributed by atoms with Crippen molar-refractivity contribution in [1.82, 2.24) is 4.90 Å². The van der Waals surface area contributed by atoms with Crippen molar-refractivity contribution in [3.05, 3.63) is 65.2 Å². The van der Waals surface area contributed by atoms with Gasteiger partial charge in [-0.3, -0.25) is 4.79 Å². The molecule has 0 aliphatic carbocycles. The topological polar surface area (TPSA) is 66.8 Å². The molecule has 3 rings (SSSR count). The minimum absolute atomic E-state index is 0.00617. The second-order valence-electron chi connectivity index (χ2n) is 6.46. The molecule has 0 bridgehead atoms. The van der Waals surface area contributed by atoms with Crippen LogP contribution in [0, 0.1) is 11.6 Å². The van der Waals surface area contributed by atoms with E-state index in [1.54, 1.807) is 17.0 Å². The van der Waals surface area contributed by atoms with Crippen LogP contribution in [0.15, 0.2) is 42.5 Å². The number of hydrogen-bond donors (Lipinski definition) is 1. The molecule has 0 atom stereocenters. The highest BCUT2D eigenvalue weighted by molar-refractivity contribution is 5.88. The second kappa shape index (κ2) is 8.16. The Balaban J connectivity index is 1.53. The predicted octanol–water partition coefficient (Wildman–Crippen LogP) is 3.28. The molecule has 0 radical (unpaired) electrons. The molecular weight excluding hydrogens is 356 g/mol. The SMILES string of the molecule is O=C(O)c1cccc(CC(=O)N2CCC(Oc3ccc(F)cc3F)CC2)c1. The number of ether oxygens (including phenoxy) is 1. The summed E-state index contributed by atoms with van der Waals surface area (Å²) in [4.78, 5) is 25.1. The number of rotatable bonds is 5. The van der Waals surface area contributed by atoms with Crippen molar-refractivity contribution in [2.45, 2.75) is 25.4 Å². The Hall–Kier alpha value is -2.96. The Bertz CT molecular complexity index is 848. The summed E-state index contributed by atoms with van der Waals surface area (Å²) in [5, 5.41) is 9.02. The first-order valence-corrected chi connectivity index (χ1v) is 8.64. The molecule has 1 N–H and O–H groups in total. The van der Waals surface area contributed by atoms with Gasteiger partial charge in [0.2, 0.25) is 5.91 Å². The van der Waals surface area contributed by atoms with Gasteiger partial charge < -0.3 is 14.7 Å². The molecule has 2 aromatic carbocycles. The number of amides is 1. The zero-order valence-corrected chi connectivity index (χ0v) is 14.5.